The third kappa shape index (κ3) is 13.8. The van der Waals surface area contributed by atoms with Gasteiger partial charge in [-0.05, 0) is 22.3 Å². The molecule has 0 aromatic heterocycles. The van der Waals surface area contributed by atoms with Gasteiger partial charge >= 0.3 is 56.9 Å². The van der Waals surface area contributed by atoms with Gasteiger partial charge in [0.25, 0.3) is 0 Å². The summed E-state index contributed by atoms with van der Waals surface area (Å²) in [6.07, 6.45) is 0. The maximum atomic E-state index is 3.34. The number of hydrogen-bond donors (Lipinski definition) is 0. The molecular formula is C66H56Cl2Zr2-2. The third-order valence-corrected chi connectivity index (χ3v) is 11.9. The van der Waals surface area contributed by atoms with Crippen LogP contribution in [0.5, 0.6) is 0 Å². The predicted molar refractivity (Wildman–Crippen MR) is 293 cm³/mol. The van der Waals surface area contributed by atoms with Crippen molar-refractivity contribution in [1.82, 2.24) is 0 Å². The van der Waals surface area contributed by atoms with Gasteiger partial charge in [-0.2, -0.15) is 24.3 Å². The minimum absolute atomic E-state index is 0. The molecule has 0 saturated carbocycles. The van der Waals surface area contributed by atoms with Crippen molar-refractivity contribution in [2.24, 2.45) is 0 Å². The summed E-state index contributed by atoms with van der Waals surface area (Å²) in [5.74, 6) is 0. The van der Waals surface area contributed by atoms with E-state index in [9.17, 15) is 0 Å². The van der Waals surface area contributed by atoms with Crippen LogP contribution in [0, 0.1) is 27.7 Å². The van der Waals surface area contributed by atoms with Crippen LogP contribution >= 0.6 is 0 Å². The van der Waals surface area contributed by atoms with Crippen molar-refractivity contribution in [3.8, 4) is 44.5 Å². The van der Waals surface area contributed by atoms with E-state index in [1.165, 1.54) is 158 Å². The zero-order valence-electron chi connectivity index (χ0n) is 40.3. The van der Waals surface area contributed by atoms with Gasteiger partial charge in [-0.15, -0.1) is 138 Å². The van der Waals surface area contributed by atoms with E-state index < -0.39 is 0 Å². The minimum atomic E-state index is 0. The molecule has 70 heavy (non-hydrogen) atoms. The second kappa shape index (κ2) is 27.6. The molecule has 0 aliphatic carbocycles. The smallest absolute Gasteiger partial charge is 1.00 e. The average Bonchev–Trinajstić information content (AvgIpc) is 4.19. The van der Waals surface area contributed by atoms with Gasteiger partial charge in [0.15, 0.2) is 0 Å². The van der Waals surface area contributed by atoms with E-state index in [1.807, 2.05) is 0 Å². The Bertz CT molecular complexity index is 2980. The van der Waals surface area contributed by atoms with Crippen molar-refractivity contribution in [3.63, 3.8) is 0 Å². The summed E-state index contributed by atoms with van der Waals surface area (Å²) in [6.45, 7) is 8.59. The number of benzene rings is 8. The van der Waals surface area contributed by atoms with Gasteiger partial charge < -0.3 is 24.8 Å². The summed E-state index contributed by atoms with van der Waals surface area (Å²) in [7, 11) is 0. The molecule has 0 saturated heterocycles. The van der Waals surface area contributed by atoms with Crippen LogP contribution in [0.4, 0.5) is 0 Å². The number of fused-ring (bicyclic) bond motifs is 4. The molecule has 0 unspecified atom stereocenters. The number of aryl methyl sites for hydroxylation is 4. The topological polar surface area (TPSA) is 0 Å². The van der Waals surface area contributed by atoms with Crippen LogP contribution in [0.25, 0.3) is 87.6 Å². The zero-order valence-corrected chi connectivity index (χ0v) is 46.7. The standard InChI is InChI=1S/4C16H13.2CH2.2ClH.2Zr/c4*1-12-10-14-8-5-9-15(16(14)11-12)13-6-3-2-4-7-13;;;;;;/h4*2-11H,1H3;2*1H2;2*1H;;/q4*-1;;;;;2*+2/p-2. The van der Waals surface area contributed by atoms with Gasteiger partial charge in [-0.3, -0.25) is 0 Å². The molecule has 344 valence electrons. The third-order valence-electron chi connectivity index (χ3n) is 11.9. The van der Waals surface area contributed by atoms with Crippen LogP contribution in [0.2, 0.25) is 0 Å². The van der Waals surface area contributed by atoms with Gasteiger partial charge in [-0.25, -0.2) is 0 Å². The van der Waals surface area contributed by atoms with Gasteiger partial charge in [0.05, 0.1) is 0 Å². The van der Waals surface area contributed by atoms with E-state index in [2.05, 4.69) is 279 Å². The fourth-order valence-corrected chi connectivity index (χ4v) is 9.02. The second-order valence-corrected chi connectivity index (χ2v) is 16.8. The molecule has 0 heterocycles. The molecule has 12 rings (SSSR count). The Hall–Kier alpha value is -5.71. The molecule has 0 aliphatic heterocycles. The molecule has 0 nitrogen and oxygen atoms in total. The maximum absolute atomic E-state index is 3.34. The molecule has 0 amide bonds. The summed E-state index contributed by atoms with van der Waals surface area (Å²) < 4.78 is 6.68. The Labute approximate surface area is 457 Å². The average molecular weight is 1100 g/mol. The molecule has 0 bridgehead atoms. The van der Waals surface area contributed by atoms with Crippen molar-refractivity contribution in [2.45, 2.75) is 27.7 Å². The van der Waals surface area contributed by atoms with Crippen molar-refractivity contribution in [1.29, 1.82) is 0 Å². The molecule has 0 N–H and O–H groups in total. The number of hydrogen-bond acceptors (Lipinski definition) is 0. The van der Waals surface area contributed by atoms with Gasteiger partial charge in [-0.1, -0.05) is 196 Å². The first-order valence-corrected chi connectivity index (χ1v) is 26.4. The fourth-order valence-electron chi connectivity index (χ4n) is 9.02. The molecule has 4 heteroatoms. The first-order valence-electron chi connectivity index (χ1n) is 22.9. The molecule has 0 radical (unpaired) electrons. The Balaban J connectivity index is 0.000000168. The molecule has 0 fully saturated rings. The summed E-state index contributed by atoms with van der Waals surface area (Å²) in [5, 5.41) is 10.7. The van der Waals surface area contributed by atoms with E-state index in [4.69, 9.17) is 0 Å². The van der Waals surface area contributed by atoms with Crippen molar-refractivity contribution < 1.29 is 73.3 Å². The maximum Gasteiger partial charge on any atom is -1.00 e. The van der Waals surface area contributed by atoms with E-state index >= 15 is 0 Å². The predicted octanol–water partition coefficient (Wildman–Crippen LogP) is 12.1. The Kier molecular flexibility index (Phi) is 21.8. The zero-order chi connectivity index (χ0) is 47.8. The van der Waals surface area contributed by atoms with Gasteiger partial charge in [0.2, 0.25) is 0 Å². The molecule has 0 spiro atoms. The van der Waals surface area contributed by atoms with Crippen LogP contribution in [-0.4, -0.2) is 8.42 Å². The molecule has 12 aromatic rings. The van der Waals surface area contributed by atoms with E-state index in [0.717, 1.165) is 0 Å². The summed E-state index contributed by atoms with van der Waals surface area (Å²) in [4.78, 5) is 0. The molecule has 0 aliphatic rings. The first kappa shape index (κ1) is 55.2. The van der Waals surface area contributed by atoms with Crippen LogP contribution in [0.3, 0.4) is 0 Å². The monoisotopic (exact) mass is 1100 g/mol. The number of halogens is 2. The van der Waals surface area contributed by atoms with Crippen LogP contribution in [-0.2, 0) is 48.5 Å². The van der Waals surface area contributed by atoms with E-state index in [1.54, 1.807) is 0 Å². The minimum Gasteiger partial charge on any atom is -1.00 e. The Morgan fingerprint density at radius 1 is 0.257 bits per heavy atom. The second-order valence-electron chi connectivity index (χ2n) is 16.8. The molecular weight excluding hydrogens is 1050 g/mol. The van der Waals surface area contributed by atoms with Gasteiger partial charge in [0, 0.05) is 0 Å². The fraction of sp³-hybridized carbons (Fsp3) is 0.0606. The van der Waals surface area contributed by atoms with Crippen LogP contribution in [0.15, 0.2) is 243 Å². The first-order chi connectivity index (χ1) is 33.4. The normalized spacial score (nSPS) is 10.1. The van der Waals surface area contributed by atoms with Crippen molar-refractivity contribution in [3.05, 3.63) is 265 Å². The van der Waals surface area contributed by atoms with Crippen molar-refractivity contribution in [2.75, 3.05) is 0 Å². The van der Waals surface area contributed by atoms with Crippen LogP contribution in [0.1, 0.15) is 22.3 Å². The summed E-state index contributed by atoms with van der Waals surface area (Å²) in [5.41, 5.74) is 15.8. The quantitative estimate of drug-likeness (QED) is 0.154. The Morgan fingerprint density at radius 3 is 0.629 bits per heavy atom. The SMILES string of the molecule is Cc1cc2c(-c3ccccc3)cccc2[cH-]1.Cc1cc2c(-c3ccccc3)cccc2[cH-]1.Cc1cc2c(-c3ccccc3)cccc2[cH-]1.Cc1cc2c(-c3ccccc3)cccc2[cH-]1.[CH2]=[Zr+2].[CH2]=[Zr+2].[Cl-].[Cl-]. The van der Waals surface area contributed by atoms with E-state index in [0.29, 0.717) is 0 Å². The largest absolute Gasteiger partial charge is 1.00 e. The summed E-state index contributed by atoms with van der Waals surface area (Å²) in [6, 6.07) is 86.2. The Morgan fingerprint density at radius 2 is 0.443 bits per heavy atom. The van der Waals surface area contributed by atoms with Crippen molar-refractivity contribution >= 4 is 51.5 Å². The van der Waals surface area contributed by atoms with Crippen LogP contribution < -0.4 is 24.8 Å². The van der Waals surface area contributed by atoms with Gasteiger partial charge in [0.1, 0.15) is 0 Å². The molecule has 12 aromatic carbocycles. The number of rotatable bonds is 4. The van der Waals surface area contributed by atoms with E-state index in [-0.39, 0.29) is 24.8 Å². The summed E-state index contributed by atoms with van der Waals surface area (Å²) >= 11 is 2.60. The molecule has 0 atom stereocenters.